The summed E-state index contributed by atoms with van der Waals surface area (Å²) in [5, 5.41) is 6.36. The number of piperidine rings is 1. The van der Waals surface area contributed by atoms with Gasteiger partial charge in [0, 0.05) is 18.2 Å². The highest BCUT2D eigenvalue weighted by Gasteiger charge is 2.16. The molecule has 2 atom stereocenters. The molecule has 0 radical (unpaired) electrons. The highest BCUT2D eigenvalue weighted by atomic mass is 16.5. The Labute approximate surface area is 120 Å². The van der Waals surface area contributed by atoms with Gasteiger partial charge in [0.25, 0.3) is 5.91 Å². The number of carbonyl (C=O) groups excluding carboxylic acids is 1. The molecule has 0 spiro atoms. The van der Waals surface area contributed by atoms with Crippen LogP contribution >= 0.6 is 0 Å². The molecule has 0 bridgehead atoms. The van der Waals surface area contributed by atoms with E-state index in [9.17, 15) is 4.79 Å². The Hall–Kier alpha value is -1.55. The van der Waals surface area contributed by atoms with E-state index in [1.54, 1.807) is 0 Å². The molecule has 110 valence electrons. The number of nitrogens with one attached hydrogen (secondary N) is 2. The molecule has 1 amide bonds. The minimum atomic E-state index is -0.00575. The van der Waals surface area contributed by atoms with Gasteiger partial charge in [-0.3, -0.25) is 4.79 Å². The minimum Gasteiger partial charge on any atom is -0.491 e. The molecule has 1 aromatic carbocycles. The summed E-state index contributed by atoms with van der Waals surface area (Å²) in [5.41, 5.74) is 0.687. The Morgan fingerprint density at radius 1 is 1.45 bits per heavy atom. The van der Waals surface area contributed by atoms with Gasteiger partial charge in [-0.1, -0.05) is 6.92 Å². The maximum atomic E-state index is 12.1. The fourth-order valence-corrected chi connectivity index (χ4v) is 2.24. The van der Waals surface area contributed by atoms with Crippen LogP contribution in [0.4, 0.5) is 0 Å². The number of hydrogen-bond acceptors (Lipinski definition) is 3. The van der Waals surface area contributed by atoms with Crippen molar-refractivity contribution in [2.45, 2.75) is 45.3 Å². The number of carbonyl (C=O) groups is 1. The molecular formula is C16H24N2O2. The van der Waals surface area contributed by atoms with Crippen LogP contribution in [0, 0.1) is 0 Å². The maximum absolute atomic E-state index is 12.1. The Bertz CT molecular complexity index is 425. The lowest BCUT2D eigenvalue weighted by molar-refractivity contribution is 0.0930. The predicted octanol–water partition coefficient (Wildman–Crippen LogP) is 2.35. The summed E-state index contributed by atoms with van der Waals surface area (Å²) in [6, 6.07) is 7.61. The number of hydrogen-bond donors (Lipinski definition) is 2. The molecule has 1 heterocycles. The molecule has 4 nitrogen and oxygen atoms in total. The van der Waals surface area contributed by atoms with E-state index >= 15 is 0 Å². The van der Waals surface area contributed by atoms with E-state index in [1.165, 1.54) is 0 Å². The quantitative estimate of drug-likeness (QED) is 0.868. The van der Waals surface area contributed by atoms with Gasteiger partial charge < -0.3 is 15.4 Å². The molecule has 1 fully saturated rings. The van der Waals surface area contributed by atoms with E-state index in [1.807, 2.05) is 31.2 Å². The lowest BCUT2D eigenvalue weighted by atomic mass is 10.1. The van der Waals surface area contributed by atoms with Crippen molar-refractivity contribution in [2.75, 3.05) is 13.1 Å². The van der Waals surface area contributed by atoms with E-state index < -0.39 is 0 Å². The third-order valence-corrected chi connectivity index (χ3v) is 3.66. The Balaban J connectivity index is 1.89. The van der Waals surface area contributed by atoms with Gasteiger partial charge in [0.1, 0.15) is 5.75 Å². The topological polar surface area (TPSA) is 50.4 Å². The van der Waals surface area contributed by atoms with Crippen LogP contribution in [-0.2, 0) is 0 Å². The van der Waals surface area contributed by atoms with E-state index in [4.69, 9.17) is 4.74 Å². The molecule has 1 aliphatic rings. The zero-order chi connectivity index (χ0) is 14.4. The molecule has 0 aromatic heterocycles. The van der Waals surface area contributed by atoms with Crippen LogP contribution in [0.15, 0.2) is 24.3 Å². The molecule has 2 N–H and O–H groups in total. The van der Waals surface area contributed by atoms with Gasteiger partial charge in [-0.05, 0) is 57.0 Å². The Kier molecular flexibility index (Phi) is 5.41. The molecule has 0 saturated carbocycles. The molecule has 4 heteroatoms. The van der Waals surface area contributed by atoms with Crippen molar-refractivity contribution >= 4 is 5.91 Å². The molecule has 2 unspecified atom stereocenters. The summed E-state index contributed by atoms with van der Waals surface area (Å²) in [6.45, 7) is 6.04. The smallest absolute Gasteiger partial charge is 0.251 e. The standard InChI is InChI=1S/C16H24N2O2/c1-3-12(2)20-15-8-6-13(7-9-15)16(19)18-14-5-4-10-17-11-14/h6-9,12,14,17H,3-5,10-11H2,1-2H3,(H,18,19). The minimum absolute atomic E-state index is 0.00575. The normalized spacial score (nSPS) is 20.2. The largest absolute Gasteiger partial charge is 0.491 e. The first-order valence-corrected chi connectivity index (χ1v) is 7.47. The van der Waals surface area contributed by atoms with Crippen LogP contribution in [0.2, 0.25) is 0 Å². The van der Waals surface area contributed by atoms with Crippen LogP contribution in [0.25, 0.3) is 0 Å². The van der Waals surface area contributed by atoms with Crippen molar-refractivity contribution in [1.29, 1.82) is 0 Å². The summed E-state index contributed by atoms with van der Waals surface area (Å²) in [6.07, 6.45) is 3.33. The lowest BCUT2D eigenvalue weighted by Gasteiger charge is -2.23. The number of amides is 1. The fraction of sp³-hybridized carbons (Fsp3) is 0.562. The van der Waals surface area contributed by atoms with E-state index in [0.29, 0.717) is 5.56 Å². The lowest BCUT2D eigenvalue weighted by Crippen LogP contribution is -2.45. The maximum Gasteiger partial charge on any atom is 0.251 e. The van der Waals surface area contributed by atoms with Crippen molar-refractivity contribution in [1.82, 2.24) is 10.6 Å². The van der Waals surface area contributed by atoms with Crippen molar-refractivity contribution in [3.63, 3.8) is 0 Å². The van der Waals surface area contributed by atoms with Gasteiger partial charge in [-0.25, -0.2) is 0 Å². The molecule has 1 aliphatic heterocycles. The number of ether oxygens (including phenoxy) is 1. The first-order chi connectivity index (χ1) is 9.69. The molecule has 1 aromatic rings. The van der Waals surface area contributed by atoms with Crippen molar-refractivity contribution in [3.8, 4) is 5.75 Å². The summed E-state index contributed by atoms with van der Waals surface area (Å²) >= 11 is 0. The average molecular weight is 276 g/mol. The molecule has 1 saturated heterocycles. The van der Waals surface area contributed by atoms with Gasteiger partial charge in [0.15, 0.2) is 0 Å². The van der Waals surface area contributed by atoms with Gasteiger partial charge in [0.2, 0.25) is 0 Å². The zero-order valence-electron chi connectivity index (χ0n) is 12.3. The van der Waals surface area contributed by atoms with Gasteiger partial charge >= 0.3 is 0 Å². The summed E-state index contributed by atoms with van der Waals surface area (Å²) < 4.78 is 5.71. The van der Waals surface area contributed by atoms with Crippen LogP contribution in [0.1, 0.15) is 43.5 Å². The molecule has 2 rings (SSSR count). The predicted molar refractivity (Wildman–Crippen MR) is 80.2 cm³/mol. The number of benzene rings is 1. The van der Waals surface area contributed by atoms with Crippen LogP contribution in [0.3, 0.4) is 0 Å². The van der Waals surface area contributed by atoms with E-state index in [2.05, 4.69) is 17.6 Å². The second-order valence-corrected chi connectivity index (χ2v) is 5.38. The second-order valence-electron chi connectivity index (χ2n) is 5.38. The van der Waals surface area contributed by atoms with E-state index in [0.717, 1.165) is 38.1 Å². The molecular weight excluding hydrogens is 252 g/mol. The van der Waals surface area contributed by atoms with Gasteiger partial charge in [-0.2, -0.15) is 0 Å². The fourth-order valence-electron chi connectivity index (χ4n) is 2.24. The van der Waals surface area contributed by atoms with Crippen LogP contribution in [-0.4, -0.2) is 31.1 Å². The molecule has 20 heavy (non-hydrogen) atoms. The first-order valence-electron chi connectivity index (χ1n) is 7.47. The average Bonchev–Trinajstić information content (AvgIpc) is 2.49. The van der Waals surface area contributed by atoms with Crippen LogP contribution < -0.4 is 15.4 Å². The van der Waals surface area contributed by atoms with Gasteiger partial charge in [-0.15, -0.1) is 0 Å². The first kappa shape index (κ1) is 14.9. The van der Waals surface area contributed by atoms with Crippen molar-refractivity contribution in [3.05, 3.63) is 29.8 Å². The number of rotatable bonds is 5. The third kappa shape index (κ3) is 4.23. The summed E-state index contributed by atoms with van der Waals surface area (Å²) in [5.74, 6) is 0.809. The summed E-state index contributed by atoms with van der Waals surface area (Å²) in [7, 11) is 0. The zero-order valence-corrected chi connectivity index (χ0v) is 12.3. The van der Waals surface area contributed by atoms with Crippen LogP contribution in [0.5, 0.6) is 5.75 Å². The third-order valence-electron chi connectivity index (χ3n) is 3.66. The van der Waals surface area contributed by atoms with Crippen molar-refractivity contribution < 1.29 is 9.53 Å². The molecule has 0 aliphatic carbocycles. The summed E-state index contributed by atoms with van der Waals surface area (Å²) in [4.78, 5) is 12.1. The van der Waals surface area contributed by atoms with E-state index in [-0.39, 0.29) is 18.1 Å². The Morgan fingerprint density at radius 2 is 2.20 bits per heavy atom. The monoisotopic (exact) mass is 276 g/mol. The second kappa shape index (κ2) is 7.29. The van der Waals surface area contributed by atoms with Crippen molar-refractivity contribution in [2.24, 2.45) is 0 Å². The van der Waals surface area contributed by atoms with Gasteiger partial charge in [0.05, 0.1) is 6.10 Å². The SMILES string of the molecule is CCC(C)Oc1ccc(C(=O)NC2CCCNC2)cc1. The highest BCUT2D eigenvalue weighted by Crippen LogP contribution is 2.15. The highest BCUT2D eigenvalue weighted by molar-refractivity contribution is 5.94. The Morgan fingerprint density at radius 3 is 2.80 bits per heavy atom.